The van der Waals surface area contributed by atoms with Gasteiger partial charge in [-0.1, -0.05) is 27.7 Å². The van der Waals surface area contributed by atoms with E-state index in [2.05, 4.69) is 37.5 Å². The molecule has 0 aromatic heterocycles. The van der Waals surface area contributed by atoms with Gasteiger partial charge in [-0.15, -0.1) is 0 Å². The first kappa shape index (κ1) is 15.8. The minimum atomic E-state index is 0.112. The first-order valence-corrected chi connectivity index (χ1v) is 8.03. The summed E-state index contributed by atoms with van der Waals surface area (Å²) in [6, 6.07) is 0.254. The summed E-state index contributed by atoms with van der Waals surface area (Å²) in [7, 11) is 0. The van der Waals surface area contributed by atoms with Crippen LogP contribution in [0.1, 0.15) is 40.5 Å². The SMILES string of the molecule is CC1CC(C)CN(C(=O)CN2CCC(N)C(C)(C)C2)C1. The summed E-state index contributed by atoms with van der Waals surface area (Å²) in [5, 5.41) is 0. The summed E-state index contributed by atoms with van der Waals surface area (Å²) >= 11 is 0. The summed E-state index contributed by atoms with van der Waals surface area (Å²) in [6.45, 7) is 13.2. The minimum Gasteiger partial charge on any atom is -0.341 e. The molecule has 2 rings (SSSR count). The molecule has 3 atom stereocenters. The first-order valence-electron chi connectivity index (χ1n) is 8.03. The number of hydrogen-bond donors (Lipinski definition) is 1. The van der Waals surface area contributed by atoms with E-state index in [-0.39, 0.29) is 11.5 Å². The lowest BCUT2D eigenvalue weighted by molar-refractivity contribution is -0.136. The summed E-state index contributed by atoms with van der Waals surface area (Å²) in [5.41, 5.74) is 6.27. The standard InChI is InChI=1S/C16H31N3O/c1-12-7-13(2)9-19(8-12)15(20)10-18-6-5-14(17)16(3,4)11-18/h12-14H,5-11,17H2,1-4H3. The number of likely N-dealkylation sites (tertiary alicyclic amines) is 2. The average Bonchev–Trinajstić information content (AvgIpc) is 2.32. The Balaban J connectivity index is 1.88. The lowest BCUT2D eigenvalue weighted by Gasteiger charge is -2.43. The number of amides is 1. The fraction of sp³-hybridized carbons (Fsp3) is 0.938. The molecule has 3 unspecified atom stereocenters. The predicted octanol–water partition coefficient (Wildman–Crippen LogP) is 1.55. The molecule has 4 nitrogen and oxygen atoms in total. The summed E-state index contributed by atoms with van der Waals surface area (Å²) in [6.07, 6.45) is 2.24. The highest BCUT2D eigenvalue weighted by atomic mass is 16.2. The predicted molar refractivity (Wildman–Crippen MR) is 82.3 cm³/mol. The number of nitrogens with zero attached hydrogens (tertiary/aromatic N) is 2. The molecule has 2 aliphatic heterocycles. The van der Waals surface area contributed by atoms with Gasteiger partial charge in [0, 0.05) is 32.2 Å². The van der Waals surface area contributed by atoms with E-state index in [9.17, 15) is 4.79 Å². The Morgan fingerprint density at radius 1 is 1.25 bits per heavy atom. The molecule has 116 valence electrons. The van der Waals surface area contributed by atoms with Crippen LogP contribution in [0.25, 0.3) is 0 Å². The van der Waals surface area contributed by atoms with Gasteiger partial charge in [0.25, 0.3) is 0 Å². The smallest absolute Gasteiger partial charge is 0.236 e. The molecule has 2 saturated heterocycles. The highest BCUT2D eigenvalue weighted by molar-refractivity contribution is 5.78. The number of hydrogen-bond acceptors (Lipinski definition) is 3. The van der Waals surface area contributed by atoms with Crippen LogP contribution < -0.4 is 5.73 Å². The van der Waals surface area contributed by atoms with E-state index in [0.29, 0.717) is 24.3 Å². The molecule has 2 heterocycles. The second kappa shape index (κ2) is 6.02. The van der Waals surface area contributed by atoms with E-state index in [1.807, 2.05) is 0 Å². The van der Waals surface area contributed by atoms with Gasteiger partial charge in [0.15, 0.2) is 0 Å². The Morgan fingerprint density at radius 2 is 1.85 bits per heavy atom. The number of piperidine rings is 2. The fourth-order valence-electron chi connectivity index (χ4n) is 3.78. The van der Waals surface area contributed by atoms with Crippen LogP contribution in [0.3, 0.4) is 0 Å². The largest absolute Gasteiger partial charge is 0.341 e. The molecule has 0 bridgehead atoms. The van der Waals surface area contributed by atoms with Crippen LogP contribution in [0, 0.1) is 17.3 Å². The second-order valence-corrected chi connectivity index (χ2v) is 7.84. The molecule has 2 N–H and O–H groups in total. The monoisotopic (exact) mass is 281 g/mol. The van der Waals surface area contributed by atoms with Crippen molar-refractivity contribution < 1.29 is 4.79 Å². The highest BCUT2D eigenvalue weighted by Gasteiger charge is 2.35. The molecular weight excluding hydrogens is 250 g/mol. The molecule has 4 heteroatoms. The maximum atomic E-state index is 12.5. The maximum absolute atomic E-state index is 12.5. The van der Waals surface area contributed by atoms with Gasteiger partial charge < -0.3 is 10.6 Å². The quantitative estimate of drug-likeness (QED) is 0.835. The topological polar surface area (TPSA) is 49.6 Å². The zero-order valence-corrected chi connectivity index (χ0v) is 13.6. The second-order valence-electron chi connectivity index (χ2n) is 7.84. The van der Waals surface area contributed by atoms with E-state index in [1.165, 1.54) is 6.42 Å². The molecule has 0 saturated carbocycles. The van der Waals surface area contributed by atoms with E-state index in [4.69, 9.17) is 5.73 Å². The number of rotatable bonds is 2. The van der Waals surface area contributed by atoms with E-state index >= 15 is 0 Å². The van der Waals surface area contributed by atoms with Crippen molar-refractivity contribution >= 4 is 5.91 Å². The summed E-state index contributed by atoms with van der Waals surface area (Å²) < 4.78 is 0. The Bertz CT molecular complexity index is 346. The molecule has 1 amide bonds. The number of nitrogens with two attached hydrogens (primary N) is 1. The number of carbonyl (C=O) groups excluding carboxylic acids is 1. The van der Waals surface area contributed by atoms with Crippen molar-refractivity contribution in [3.05, 3.63) is 0 Å². The lowest BCUT2D eigenvalue weighted by atomic mass is 9.80. The molecule has 0 aromatic rings. The van der Waals surface area contributed by atoms with Crippen molar-refractivity contribution in [1.82, 2.24) is 9.80 Å². The normalized spacial score (nSPS) is 35.0. The molecule has 0 spiro atoms. The van der Waals surface area contributed by atoms with Gasteiger partial charge in [-0.3, -0.25) is 9.69 Å². The Labute approximate surface area is 123 Å². The molecule has 2 fully saturated rings. The highest BCUT2D eigenvalue weighted by Crippen LogP contribution is 2.28. The van der Waals surface area contributed by atoms with Crippen molar-refractivity contribution in [2.75, 3.05) is 32.7 Å². The lowest BCUT2D eigenvalue weighted by Crippen LogP contribution is -2.55. The van der Waals surface area contributed by atoms with Crippen LogP contribution in [0.2, 0.25) is 0 Å². The van der Waals surface area contributed by atoms with Crippen molar-refractivity contribution in [3.8, 4) is 0 Å². The molecular formula is C16H31N3O. The van der Waals surface area contributed by atoms with Crippen LogP contribution in [-0.2, 0) is 4.79 Å². The maximum Gasteiger partial charge on any atom is 0.236 e. The third-order valence-electron chi connectivity index (χ3n) is 4.97. The van der Waals surface area contributed by atoms with Gasteiger partial charge in [0.1, 0.15) is 0 Å². The van der Waals surface area contributed by atoms with Crippen LogP contribution in [0.15, 0.2) is 0 Å². The molecule has 0 aromatic carbocycles. The average molecular weight is 281 g/mol. The van der Waals surface area contributed by atoms with Gasteiger partial charge >= 0.3 is 0 Å². The Hall–Kier alpha value is -0.610. The first-order chi connectivity index (χ1) is 9.28. The van der Waals surface area contributed by atoms with Crippen LogP contribution in [0.4, 0.5) is 0 Å². The fourth-order valence-corrected chi connectivity index (χ4v) is 3.78. The van der Waals surface area contributed by atoms with Gasteiger partial charge in [-0.25, -0.2) is 0 Å². The van der Waals surface area contributed by atoms with Gasteiger partial charge in [-0.05, 0) is 30.1 Å². The summed E-state index contributed by atoms with van der Waals surface area (Å²) in [4.78, 5) is 16.9. The van der Waals surface area contributed by atoms with Crippen LogP contribution in [-0.4, -0.2) is 54.5 Å². The van der Waals surface area contributed by atoms with E-state index in [0.717, 1.165) is 32.6 Å². The van der Waals surface area contributed by atoms with Crippen molar-refractivity contribution in [1.29, 1.82) is 0 Å². The summed E-state index contributed by atoms with van der Waals surface area (Å²) in [5.74, 6) is 1.57. The zero-order chi connectivity index (χ0) is 14.9. The van der Waals surface area contributed by atoms with Gasteiger partial charge in [0.2, 0.25) is 5.91 Å². The van der Waals surface area contributed by atoms with E-state index < -0.39 is 0 Å². The molecule has 0 radical (unpaired) electrons. The Kier molecular flexibility index (Phi) is 4.75. The van der Waals surface area contributed by atoms with Crippen molar-refractivity contribution in [2.45, 2.75) is 46.6 Å². The molecule has 0 aliphatic carbocycles. The van der Waals surface area contributed by atoms with Crippen molar-refractivity contribution in [2.24, 2.45) is 23.0 Å². The minimum absolute atomic E-state index is 0.112. The van der Waals surface area contributed by atoms with Crippen LogP contribution >= 0.6 is 0 Å². The van der Waals surface area contributed by atoms with Crippen LogP contribution in [0.5, 0.6) is 0 Å². The zero-order valence-electron chi connectivity index (χ0n) is 13.6. The van der Waals surface area contributed by atoms with Gasteiger partial charge in [-0.2, -0.15) is 0 Å². The number of carbonyl (C=O) groups is 1. The van der Waals surface area contributed by atoms with E-state index in [1.54, 1.807) is 0 Å². The van der Waals surface area contributed by atoms with Gasteiger partial charge in [0.05, 0.1) is 6.54 Å². The molecule has 2 aliphatic rings. The molecule has 20 heavy (non-hydrogen) atoms. The third-order valence-corrected chi connectivity index (χ3v) is 4.97. The van der Waals surface area contributed by atoms with Crippen molar-refractivity contribution in [3.63, 3.8) is 0 Å². The third kappa shape index (κ3) is 3.73. The Morgan fingerprint density at radius 3 is 2.40 bits per heavy atom.